The van der Waals surface area contributed by atoms with Gasteiger partial charge < -0.3 is 24.8 Å². The van der Waals surface area contributed by atoms with Crippen molar-refractivity contribution in [1.29, 1.82) is 0 Å². The monoisotopic (exact) mass is 398 g/mol. The lowest BCUT2D eigenvalue weighted by atomic mass is 10.1. The fourth-order valence-corrected chi connectivity index (χ4v) is 2.72. The molecule has 2 amide bonds. The van der Waals surface area contributed by atoms with Crippen molar-refractivity contribution < 1.29 is 28.6 Å². The maximum atomic E-state index is 11.9. The molecule has 0 unspecified atom stereocenters. The van der Waals surface area contributed by atoms with Gasteiger partial charge in [-0.15, -0.1) is 0 Å². The van der Waals surface area contributed by atoms with Gasteiger partial charge in [-0.2, -0.15) is 0 Å². The van der Waals surface area contributed by atoms with E-state index in [1.165, 1.54) is 6.92 Å². The number of esters is 1. The van der Waals surface area contributed by atoms with Crippen molar-refractivity contribution in [2.75, 3.05) is 25.1 Å². The molecule has 8 nitrogen and oxygen atoms in total. The van der Waals surface area contributed by atoms with Crippen molar-refractivity contribution in [2.24, 2.45) is 0 Å². The third kappa shape index (κ3) is 6.24. The van der Waals surface area contributed by atoms with Crippen LogP contribution < -0.4 is 20.1 Å². The molecule has 2 aromatic rings. The topological polar surface area (TPSA) is 103 Å². The highest BCUT2D eigenvalue weighted by molar-refractivity contribution is 5.88. The zero-order valence-corrected chi connectivity index (χ0v) is 16.0. The molecular weight excluding hydrogens is 376 g/mol. The Morgan fingerprint density at radius 1 is 1.07 bits per heavy atom. The summed E-state index contributed by atoms with van der Waals surface area (Å²) in [4.78, 5) is 34.8. The Bertz CT molecular complexity index is 881. The lowest BCUT2D eigenvalue weighted by Crippen LogP contribution is -2.42. The second kappa shape index (κ2) is 9.59. The molecule has 2 aromatic carbocycles. The Labute approximate surface area is 168 Å². The number of ether oxygens (including phenoxy) is 3. The van der Waals surface area contributed by atoms with Crippen molar-refractivity contribution >= 4 is 23.5 Å². The summed E-state index contributed by atoms with van der Waals surface area (Å²) in [7, 11) is 0. The first kappa shape index (κ1) is 20.2. The Kier molecular flexibility index (Phi) is 6.67. The van der Waals surface area contributed by atoms with Crippen LogP contribution in [0.5, 0.6) is 11.5 Å². The number of rotatable bonds is 7. The molecule has 0 aromatic heterocycles. The summed E-state index contributed by atoms with van der Waals surface area (Å²) in [5.41, 5.74) is 1.36. The van der Waals surface area contributed by atoms with Crippen LogP contribution in [0.2, 0.25) is 0 Å². The number of benzene rings is 2. The summed E-state index contributed by atoms with van der Waals surface area (Å²) in [5, 5.41) is 5.31. The van der Waals surface area contributed by atoms with Crippen LogP contribution in [0.4, 0.5) is 5.69 Å². The molecule has 0 spiro atoms. The maximum absolute atomic E-state index is 11.9. The Balaban J connectivity index is 1.36. The van der Waals surface area contributed by atoms with E-state index in [-0.39, 0.29) is 31.6 Å². The lowest BCUT2D eigenvalue weighted by molar-refractivity contribution is -0.148. The number of fused-ring (bicyclic) bond motifs is 1. The molecule has 29 heavy (non-hydrogen) atoms. The van der Waals surface area contributed by atoms with E-state index in [4.69, 9.17) is 14.2 Å². The average molecular weight is 398 g/mol. The van der Waals surface area contributed by atoms with E-state index in [0.29, 0.717) is 23.8 Å². The number of amides is 2. The fourth-order valence-electron chi connectivity index (χ4n) is 2.72. The number of anilines is 1. The SMILES string of the molecule is CC(=O)Nc1ccc(CC(=O)OCC(=O)NC[C@H]2COc3ccccc3O2)cc1. The van der Waals surface area contributed by atoms with Gasteiger partial charge in [-0.3, -0.25) is 14.4 Å². The minimum absolute atomic E-state index is 0.0317. The van der Waals surface area contributed by atoms with E-state index in [2.05, 4.69) is 10.6 Å². The highest BCUT2D eigenvalue weighted by Crippen LogP contribution is 2.30. The van der Waals surface area contributed by atoms with Crippen LogP contribution in [-0.4, -0.2) is 43.6 Å². The highest BCUT2D eigenvalue weighted by atomic mass is 16.6. The minimum Gasteiger partial charge on any atom is -0.486 e. The summed E-state index contributed by atoms with van der Waals surface area (Å²) in [5.74, 6) is 0.209. The first-order valence-electron chi connectivity index (χ1n) is 9.17. The molecule has 1 aliphatic heterocycles. The minimum atomic E-state index is -0.515. The molecule has 152 valence electrons. The molecular formula is C21H22N2O6. The van der Waals surface area contributed by atoms with Crippen LogP contribution >= 0.6 is 0 Å². The van der Waals surface area contributed by atoms with Crippen LogP contribution in [-0.2, 0) is 25.5 Å². The molecule has 1 aliphatic rings. The summed E-state index contributed by atoms with van der Waals surface area (Å²) in [6.07, 6.45) is -0.282. The molecule has 0 bridgehead atoms. The molecule has 1 atom stereocenters. The van der Waals surface area contributed by atoms with Gasteiger partial charge in [0.15, 0.2) is 18.1 Å². The summed E-state index contributed by atoms with van der Waals surface area (Å²) in [6.45, 7) is 1.62. The quantitative estimate of drug-likeness (QED) is 0.688. The van der Waals surface area contributed by atoms with E-state index >= 15 is 0 Å². The number of hydrogen-bond donors (Lipinski definition) is 2. The normalized spacial score (nSPS) is 14.6. The number of carbonyl (C=O) groups is 3. The number of para-hydroxylation sites is 2. The number of nitrogens with one attached hydrogen (secondary N) is 2. The average Bonchev–Trinajstić information content (AvgIpc) is 2.71. The van der Waals surface area contributed by atoms with Gasteiger partial charge in [0, 0.05) is 12.6 Å². The van der Waals surface area contributed by atoms with Crippen molar-refractivity contribution in [3.05, 3.63) is 54.1 Å². The molecule has 8 heteroatoms. The maximum Gasteiger partial charge on any atom is 0.310 e. The third-order valence-electron chi connectivity index (χ3n) is 4.08. The molecule has 1 heterocycles. The van der Waals surface area contributed by atoms with Gasteiger partial charge in [-0.25, -0.2) is 0 Å². The number of carbonyl (C=O) groups excluding carboxylic acids is 3. The Hall–Kier alpha value is -3.55. The van der Waals surface area contributed by atoms with Gasteiger partial charge in [0.2, 0.25) is 5.91 Å². The largest absolute Gasteiger partial charge is 0.486 e. The molecule has 0 saturated heterocycles. The van der Waals surface area contributed by atoms with Crippen LogP contribution in [0.3, 0.4) is 0 Å². The van der Waals surface area contributed by atoms with Crippen molar-refractivity contribution in [1.82, 2.24) is 5.32 Å². The summed E-state index contributed by atoms with van der Waals surface area (Å²) >= 11 is 0. The standard InChI is InChI=1S/C21H22N2O6/c1-14(24)23-16-8-6-15(7-9-16)10-21(26)28-13-20(25)22-11-17-12-27-18-4-2-3-5-19(18)29-17/h2-9,17H,10-13H2,1H3,(H,22,25)(H,23,24)/t17-/m0/s1. The molecule has 0 saturated carbocycles. The van der Waals surface area contributed by atoms with E-state index < -0.39 is 11.9 Å². The van der Waals surface area contributed by atoms with E-state index in [0.717, 1.165) is 5.56 Å². The Morgan fingerprint density at radius 2 is 1.79 bits per heavy atom. The summed E-state index contributed by atoms with van der Waals surface area (Å²) < 4.78 is 16.3. The van der Waals surface area contributed by atoms with Crippen LogP contribution in [0.15, 0.2) is 48.5 Å². The van der Waals surface area contributed by atoms with Gasteiger partial charge in [0.1, 0.15) is 12.7 Å². The zero-order valence-electron chi connectivity index (χ0n) is 16.0. The molecule has 2 N–H and O–H groups in total. The molecule has 3 rings (SSSR count). The van der Waals surface area contributed by atoms with Crippen molar-refractivity contribution in [3.8, 4) is 11.5 Å². The predicted molar refractivity (Wildman–Crippen MR) is 105 cm³/mol. The summed E-state index contributed by atoms with van der Waals surface area (Å²) in [6, 6.07) is 14.1. The first-order valence-corrected chi connectivity index (χ1v) is 9.17. The van der Waals surface area contributed by atoms with Crippen molar-refractivity contribution in [2.45, 2.75) is 19.4 Å². The van der Waals surface area contributed by atoms with Crippen molar-refractivity contribution in [3.63, 3.8) is 0 Å². The van der Waals surface area contributed by atoms with E-state index in [1.807, 2.05) is 18.2 Å². The van der Waals surface area contributed by atoms with Gasteiger partial charge in [-0.05, 0) is 29.8 Å². The fraction of sp³-hybridized carbons (Fsp3) is 0.286. The third-order valence-corrected chi connectivity index (χ3v) is 4.08. The van der Waals surface area contributed by atoms with Gasteiger partial charge in [0.25, 0.3) is 5.91 Å². The van der Waals surface area contributed by atoms with E-state index in [1.54, 1.807) is 30.3 Å². The van der Waals surface area contributed by atoms with E-state index in [9.17, 15) is 14.4 Å². The molecule has 0 fully saturated rings. The van der Waals surface area contributed by atoms with Crippen LogP contribution in [0.1, 0.15) is 12.5 Å². The molecule has 0 aliphatic carbocycles. The second-order valence-corrected chi connectivity index (χ2v) is 6.52. The molecule has 0 radical (unpaired) electrons. The first-order chi connectivity index (χ1) is 14.0. The number of hydrogen-bond acceptors (Lipinski definition) is 6. The second-order valence-electron chi connectivity index (χ2n) is 6.52. The van der Waals surface area contributed by atoms with Gasteiger partial charge in [0.05, 0.1) is 13.0 Å². The zero-order chi connectivity index (χ0) is 20.6. The highest BCUT2D eigenvalue weighted by Gasteiger charge is 2.21. The predicted octanol–water partition coefficient (Wildman–Crippen LogP) is 1.69. The van der Waals surface area contributed by atoms with Crippen LogP contribution in [0, 0.1) is 0 Å². The van der Waals surface area contributed by atoms with Gasteiger partial charge >= 0.3 is 5.97 Å². The Morgan fingerprint density at radius 3 is 2.52 bits per heavy atom. The van der Waals surface area contributed by atoms with Gasteiger partial charge in [-0.1, -0.05) is 24.3 Å². The lowest BCUT2D eigenvalue weighted by Gasteiger charge is -2.26. The smallest absolute Gasteiger partial charge is 0.310 e. The van der Waals surface area contributed by atoms with Crippen LogP contribution in [0.25, 0.3) is 0 Å².